The van der Waals surface area contributed by atoms with Gasteiger partial charge in [0.1, 0.15) is 0 Å². The van der Waals surface area contributed by atoms with Crippen LogP contribution < -0.4 is 10.6 Å². The van der Waals surface area contributed by atoms with E-state index in [-0.39, 0.29) is 11.8 Å². The van der Waals surface area contributed by atoms with Crippen LogP contribution in [-0.2, 0) is 11.2 Å². The molecule has 2 amide bonds. The van der Waals surface area contributed by atoms with Gasteiger partial charge in [0, 0.05) is 11.3 Å². The fourth-order valence-corrected chi connectivity index (χ4v) is 3.52. The maximum Gasteiger partial charge on any atom is 0.255 e. The van der Waals surface area contributed by atoms with Crippen LogP contribution in [0.1, 0.15) is 27.3 Å². The average Bonchev–Trinajstić information content (AvgIpc) is 3.09. The summed E-state index contributed by atoms with van der Waals surface area (Å²) in [6, 6.07) is 26.2. The fraction of sp³-hybridized carbons (Fsp3) is 0.115. The van der Waals surface area contributed by atoms with E-state index in [4.69, 9.17) is 0 Å². The SMILES string of the molecule is Cc1nn(-c2ccccc2)c(C)c1NC(=O)c1ccc(NC(=O)Cc2ccccc2)cc1. The molecule has 0 spiro atoms. The molecule has 32 heavy (non-hydrogen) atoms. The first-order valence-electron chi connectivity index (χ1n) is 10.4. The van der Waals surface area contributed by atoms with Crippen LogP contribution in [0.4, 0.5) is 11.4 Å². The zero-order valence-electron chi connectivity index (χ0n) is 18.0. The van der Waals surface area contributed by atoms with Crippen molar-refractivity contribution in [3.63, 3.8) is 0 Å². The van der Waals surface area contributed by atoms with Crippen molar-refractivity contribution in [1.29, 1.82) is 0 Å². The number of carbonyl (C=O) groups excluding carboxylic acids is 2. The summed E-state index contributed by atoms with van der Waals surface area (Å²) in [5.74, 6) is -0.334. The molecule has 0 unspecified atom stereocenters. The second kappa shape index (κ2) is 9.31. The molecule has 4 rings (SSSR count). The van der Waals surface area contributed by atoms with Gasteiger partial charge in [0.25, 0.3) is 5.91 Å². The maximum atomic E-state index is 12.8. The van der Waals surface area contributed by atoms with Crippen LogP contribution in [-0.4, -0.2) is 21.6 Å². The Bertz CT molecular complexity index is 1230. The maximum absolute atomic E-state index is 12.8. The van der Waals surface area contributed by atoms with Crippen LogP contribution in [0.15, 0.2) is 84.9 Å². The van der Waals surface area contributed by atoms with Crippen molar-refractivity contribution in [1.82, 2.24) is 9.78 Å². The van der Waals surface area contributed by atoms with Crippen LogP contribution >= 0.6 is 0 Å². The van der Waals surface area contributed by atoms with Crippen molar-refractivity contribution in [2.24, 2.45) is 0 Å². The van der Waals surface area contributed by atoms with E-state index in [2.05, 4.69) is 15.7 Å². The molecule has 0 saturated heterocycles. The van der Waals surface area contributed by atoms with E-state index < -0.39 is 0 Å². The second-order valence-electron chi connectivity index (χ2n) is 7.54. The lowest BCUT2D eigenvalue weighted by Crippen LogP contribution is -2.15. The number of nitrogens with zero attached hydrogens (tertiary/aromatic N) is 2. The molecule has 0 aliphatic rings. The minimum Gasteiger partial charge on any atom is -0.326 e. The third-order valence-corrected chi connectivity index (χ3v) is 5.17. The van der Waals surface area contributed by atoms with Gasteiger partial charge in [-0.1, -0.05) is 48.5 Å². The van der Waals surface area contributed by atoms with Gasteiger partial charge in [-0.2, -0.15) is 5.10 Å². The first kappa shape index (κ1) is 21.1. The second-order valence-corrected chi connectivity index (χ2v) is 7.54. The van der Waals surface area contributed by atoms with E-state index in [9.17, 15) is 9.59 Å². The highest BCUT2D eigenvalue weighted by atomic mass is 16.2. The zero-order chi connectivity index (χ0) is 22.5. The number of hydrogen-bond donors (Lipinski definition) is 2. The number of carbonyl (C=O) groups is 2. The molecule has 0 saturated carbocycles. The van der Waals surface area contributed by atoms with Crippen molar-refractivity contribution >= 4 is 23.2 Å². The van der Waals surface area contributed by atoms with Crippen LogP contribution in [0, 0.1) is 13.8 Å². The van der Waals surface area contributed by atoms with Gasteiger partial charge in [-0.05, 0) is 55.8 Å². The number of benzene rings is 3. The quantitative estimate of drug-likeness (QED) is 0.461. The van der Waals surface area contributed by atoms with Crippen molar-refractivity contribution in [2.75, 3.05) is 10.6 Å². The summed E-state index contributed by atoms with van der Waals surface area (Å²) in [4.78, 5) is 25.0. The van der Waals surface area contributed by atoms with Crippen molar-refractivity contribution in [3.8, 4) is 5.69 Å². The van der Waals surface area contributed by atoms with E-state index in [0.717, 1.165) is 22.6 Å². The van der Waals surface area contributed by atoms with Crippen LogP contribution in [0.25, 0.3) is 5.69 Å². The summed E-state index contributed by atoms with van der Waals surface area (Å²) in [5.41, 5.74) is 5.31. The van der Waals surface area contributed by atoms with Crippen molar-refractivity contribution in [3.05, 3.63) is 107 Å². The van der Waals surface area contributed by atoms with Crippen molar-refractivity contribution < 1.29 is 9.59 Å². The first-order valence-corrected chi connectivity index (χ1v) is 10.4. The molecular formula is C26H24N4O2. The Morgan fingerprint density at radius 1 is 0.812 bits per heavy atom. The molecule has 3 aromatic carbocycles. The molecule has 0 fully saturated rings. The number of anilines is 2. The summed E-state index contributed by atoms with van der Waals surface area (Å²) in [6.45, 7) is 3.79. The predicted octanol–water partition coefficient (Wildman–Crippen LogP) is 4.92. The molecule has 6 nitrogen and oxygen atoms in total. The smallest absolute Gasteiger partial charge is 0.255 e. The molecule has 2 N–H and O–H groups in total. The van der Waals surface area contributed by atoms with Gasteiger partial charge < -0.3 is 10.6 Å². The van der Waals surface area contributed by atoms with E-state index in [1.165, 1.54) is 0 Å². The van der Waals surface area contributed by atoms with Crippen LogP contribution in [0.5, 0.6) is 0 Å². The third-order valence-electron chi connectivity index (χ3n) is 5.17. The third kappa shape index (κ3) is 4.75. The van der Waals surface area contributed by atoms with Gasteiger partial charge in [-0.25, -0.2) is 4.68 Å². The Labute approximate surface area is 186 Å². The van der Waals surface area contributed by atoms with Gasteiger partial charge in [0.15, 0.2) is 0 Å². The van der Waals surface area contributed by atoms with E-state index in [1.54, 1.807) is 24.3 Å². The minimum atomic E-state index is -0.231. The van der Waals surface area contributed by atoms with Crippen LogP contribution in [0.2, 0.25) is 0 Å². The van der Waals surface area contributed by atoms with E-state index >= 15 is 0 Å². The predicted molar refractivity (Wildman–Crippen MR) is 126 cm³/mol. The molecule has 0 aliphatic carbocycles. The molecule has 1 aromatic heterocycles. The Hall–Kier alpha value is -4.19. The summed E-state index contributed by atoms with van der Waals surface area (Å²) >= 11 is 0. The van der Waals surface area contributed by atoms with Gasteiger partial charge in [-0.15, -0.1) is 0 Å². The number of rotatable bonds is 6. The summed E-state index contributed by atoms with van der Waals surface area (Å²) < 4.78 is 1.82. The highest BCUT2D eigenvalue weighted by Gasteiger charge is 2.16. The van der Waals surface area contributed by atoms with Gasteiger partial charge in [0.05, 0.1) is 29.2 Å². The lowest BCUT2D eigenvalue weighted by atomic mass is 10.1. The van der Waals surface area contributed by atoms with E-state index in [0.29, 0.717) is 23.4 Å². The highest BCUT2D eigenvalue weighted by molar-refractivity contribution is 6.05. The Balaban J connectivity index is 1.42. The largest absolute Gasteiger partial charge is 0.326 e. The molecule has 0 aliphatic heterocycles. The molecule has 160 valence electrons. The van der Waals surface area contributed by atoms with E-state index in [1.807, 2.05) is 79.2 Å². The van der Waals surface area contributed by atoms with Gasteiger partial charge in [0.2, 0.25) is 5.91 Å². The monoisotopic (exact) mass is 424 g/mol. The molecule has 6 heteroatoms. The standard InChI is InChI=1S/C26H24N4O2/c1-18-25(19(2)30(29-18)23-11-7-4-8-12-23)28-26(32)21-13-15-22(16-14-21)27-24(31)17-20-9-5-3-6-10-20/h3-16H,17H2,1-2H3,(H,27,31)(H,28,32). The minimum absolute atomic E-state index is 0.104. The number of aryl methyl sites for hydroxylation is 1. The van der Waals surface area contributed by atoms with Gasteiger partial charge >= 0.3 is 0 Å². The topological polar surface area (TPSA) is 76.0 Å². The Kier molecular flexibility index (Phi) is 6.12. The molecule has 0 bridgehead atoms. The fourth-order valence-electron chi connectivity index (χ4n) is 3.52. The molecular weight excluding hydrogens is 400 g/mol. The lowest BCUT2D eigenvalue weighted by molar-refractivity contribution is -0.115. The molecule has 0 atom stereocenters. The summed E-state index contributed by atoms with van der Waals surface area (Å²) in [7, 11) is 0. The number of aromatic nitrogens is 2. The number of hydrogen-bond acceptors (Lipinski definition) is 3. The Morgan fingerprint density at radius 3 is 2.09 bits per heavy atom. The average molecular weight is 425 g/mol. The first-order chi connectivity index (χ1) is 15.5. The Morgan fingerprint density at radius 2 is 1.44 bits per heavy atom. The lowest BCUT2D eigenvalue weighted by Gasteiger charge is -2.09. The normalized spacial score (nSPS) is 10.6. The zero-order valence-corrected chi connectivity index (χ0v) is 18.0. The van der Waals surface area contributed by atoms with Gasteiger partial charge in [-0.3, -0.25) is 9.59 Å². The molecule has 4 aromatic rings. The summed E-state index contributed by atoms with van der Waals surface area (Å²) in [5, 5.41) is 10.4. The number of amides is 2. The molecule has 0 radical (unpaired) electrons. The summed E-state index contributed by atoms with van der Waals surface area (Å²) in [6.07, 6.45) is 0.299. The number of para-hydroxylation sites is 1. The number of nitrogens with one attached hydrogen (secondary N) is 2. The molecule has 1 heterocycles. The van der Waals surface area contributed by atoms with Crippen LogP contribution in [0.3, 0.4) is 0 Å². The highest BCUT2D eigenvalue weighted by Crippen LogP contribution is 2.23. The van der Waals surface area contributed by atoms with Crippen molar-refractivity contribution in [2.45, 2.75) is 20.3 Å².